The predicted octanol–water partition coefficient (Wildman–Crippen LogP) is 6.55. The number of nitriles is 1. The summed E-state index contributed by atoms with van der Waals surface area (Å²) in [6, 6.07) is 22.6. The van der Waals surface area contributed by atoms with E-state index in [9.17, 15) is 9.65 Å². The molecule has 9 heteroatoms. The van der Waals surface area contributed by atoms with Crippen molar-refractivity contribution in [1.29, 1.82) is 5.26 Å². The average molecular weight is 540 g/mol. The first-order chi connectivity index (χ1) is 19.0. The molecule has 4 N–H and O–H groups in total. The number of hydrogen-bond acceptors (Lipinski definition) is 7. The minimum atomic E-state index is -0.317. The predicted molar refractivity (Wildman–Crippen MR) is 152 cm³/mol. The normalized spacial score (nSPS) is 16.3. The Hall–Kier alpha value is -4.32. The minimum Gasteiger partial charge on any atom is -0.377 e. The zero-order chi connectivity index (χ0) is 26.9. The van der Waals surface area contributed by atoms with E-state index in [0.717, 1.165) is 40.7 Å². The highest BCUT2D eigenvalue weighted by molar-refractivity contribution is 6.35. The number of anilines is 2. The number of hydrogen-bond donors (Lipinski definition) is 4. The largest absolute Gasteiger partial charge is 0.377 e. The highest BCUT2D eigenvalue weighted by Crippen LogP contribution is 2.37. The van der Waals surface area contributed by atoms with Crippen LogP contribution >= 0.6 is 11.6 Å². The molecule has 1 aromatic heterocycles. The van der Waals surface area contributed by atoms with Gasteiger partial charge in [0.1, 0.15) is 11.9 Å². The minimum absolute atomic E-state index is 0.0569. The van der Waals surface area contributed by atoms with Crippen LogP contribution in [0.1, 0.15) is 48.5 Å². The second-order valence-electron chi connectivity index (χ2n) is 9.88. The Bertz CT molecular complexity index is 1580. The van der Waals surface area contributed by atoms with Crippen molar-refractivity contribution in [3.63, 3.8) is 0 Å². The number of nitrogens with zero attached hydrogens (tertiary/aromatic N) is 3. The molecule has 0 bridgehead atoms. The van der Waals surface area contributed by atoms with Crippen molar-refractivity contribution < 1.29 is 4.39 Å². The lowest BCUT2D eigenvalue weighted by atomic mass is 10.0. The number of fused-ring (bicyclic) bond motifs is 1. The third-order valence-corrected chi connectivity index (χ3v) is 7.37. The number of hydrazine groups is 2. The van der Waals surface area contributed by atoms with Crippen molar-refractivity contribution in [2.45, 2.75) is 37.9 Å². The van der Waals surface area contributed by atoms with Gasteiger partial charge >= 0.3 is 0 Å². The summed E-state index contributed by atoms with van der Waals surface area (Å²) in [5.41, 5.74) is 11.8. The number of halogens is 2. The zero-order valence-corrected chi connectivity index (χ0v) is 22.0. The van der Waals surface area contributed by atoms with Crippen LogP contribution in [0.15, 0.2) is 84.8 Å². The summed E-state index contributed by atoms with van der Waals surface area (Å²) in [5, 5.41) is 20.2. The molecule has 2 atom stereocenters. The lowest BCUT2D eigenvalue weighted by Crippen LogP contribution is -2.38. The van der Waals surface area contributed by atoms with Crippen LogP contribution in [0.2, 0.25) is 5.02 Å². The Morgan fingerprint density at radius 3 is 2.56 bits per heavy atom. The summed E-state index contributed by atoms with van der Waals surface area (Å²) in [7, 11) is 0. The van der Waals surface area contributed by atoms with Gasteiger partial charge in [-0.3, -0.25) is 9.99 Å². The maximum atomic E-state index is 13.8. The molecular formula is C30H27ClFN7. The van der Waals surface area contributed by atoms with Gasteiger partial charge in [0.2, 0.25) is 0 Å². The molecule has 0 amide bonds. The molecule has 39 heavy (non-hydrogen) atoms. The first-order valence-electron chi connectivity index (χ1n) is 12.9. The van der Waals surface area contributed by atoms with E-state index in [1.165, 1.54) is 12.1 Å². The van der Waals surface area contributed by atoms with E-state index in [-0.39, 0.29) is 17.9 Å². The van der Waals surface area contributed by atoms with Gasteiger partial charge in [-0.25, -0.2) is 4.39 Å². The standard InChI is InChI=1S/C30H27ClFN7/c1-18(19-5-3-2-4-6-19)35-28-21(15-33)16-34-30-25(28)13-23(14-26(30)31)36-29(20-7-9-22(32)10-8-20)27-17-39(38-37-27)24-11-12-24/h2-10,13-14,16-18,24,29,36-38H,11-12H2,1H3,(H,34,35)/t18-,29?/m1/s1. The van der Waals surface area contributed by atoms with E-state index in [0.29, 0.717) is 27.8 Å². The molecule has 1 fully saturated rings. The topological polar surface area (TPSA) is 88.0 Å². The third kappa shape index (κ3) is 5.19. The molecule has 7 nitrogen and oxygen atoms in total. The fraction of sp³-hybridized carbons (Fsp3) is 0.200. The summed E-state index contributed by atoms with van der Waals surface area (Å²) < 4.78 is 13.8. The Labute approximate surface area is 231 Å². The van der Waals surface area contributed by atoms with Crippen molar-refractivity contribution >= 4 is 33.9 Å². The van der Waals surface area contributed by atoms with Crippen LogP contribution in [0.3, 0.4) is 0 Å². The second kappa shape index (κ2) is 10.4. The van der Waals surface area contributed by atoms with Crippen LogP contribution < -0.4 is 21.6 Å². The summed E-state index contributed by atoms with van der Waals surface area (Å²) >= 11 is 6.75. The van der Waals surface area contributed by atoms with Crippen molar-refractivity contribution in [3.05, 3.63) is 112 Å². The molecule has 1 aliphatic heterocycles. The summed E-state index contributed by atoms with van der Waals surface area (Å²) in [4.78, 5) is 4.49. The molecular weight excluding hydrogens is 513 g/mol. The number of aromatic nitrogens is 1. The van der Waals surface area contributed by atoms with Crippen LogP contribution in [-0.4, -0.2) is 16.0 Å². The lowest BCUT2D eigenvalue weighted by molar-refractivity contribution is 0.260. The second-order valence-corrected chi connectivity index (χ2v) is 10.3. The third-order valence-electron chi connectivity index (χ3n) is 7.08. The molecule has 4 aromatic rings. The molecule has 1 unspecified atom stereocenters. The molecule has 2 aliphatic rings. The Morgan fingerprint density at radius 2 is 1.85 bits per heavy atom. The Kier molecular flexibility index (Phi) is 6.69. The monoisotopic (exact) mass is 539 g/mol. The quantitative estimate of drug-likeness (QED) is 0.202. The van der Waals surface area contributed by atoms with Gasteiger partial charge in [-0.15, -0.1) is 5.53 Å². The molecule has 2 heterocycles. The van der Waals surface area contributed by atoms with Crippen molar-refractivity contribution in [1.82, 2.24) is 21.0 Å². The average Bonchev–Trinajstić information content (AvgIpc) is 3.69. The van der Waals surface area contributed by atoms with Crippen LogP contribution in [0.4, 0.5) is 15.8 Å². The van der Waals surface area contributed by atoms with E-state index < -0.39 is 0 Å². The zero-order valence-electron chi connectivity index (χ0n) is 21.2. The van der Waals surface area contributed by atoms with E-state index in [1.807, 2.05) is 55.6 Å². The van der Waals surface area contributed by atoms with Crippen LogP contribution in [0.25, 0.3) is 10.9 Å². The Balaban J connectivity index is 1.40. The summed E-state index contributed by atoms with van der Waals surface area (Å²) in [5.74, 6) is -0.296. The number of nitrogens with one attached hydrogen (secondary N) is 4. The maximum Gasteiger partial charge on any atom is 0.123 e. The van der Waals surface area contributed by atoms with E-state index in [1.54, 1.807) is 18.3 Å². The molecule has 0 radical (unpaired) electrons. The van der Waals surface area contributed by atoms with Gasteiger partial charge in [-0.05, 0) is 55.2 Å². The van der Waals surface area contributed by atoms with Gasteiger partial charge < -0.3 is 16.1 Å². The Morgan fingerprint density at radius 1 is 1.08 bits per heavy atom. The molecule has 0 saturated heterocycles. The highest BCUT2D eigenvalue weighted by atomic mass is 35.5. The van der Waals surface area contributed by atoms with E-state index >= 15 is 0 Å². The smallest absolute Gasteiger partial charge is 0.123 e. The van der Waals surface area contributed by atoms with Gasteiger partial charge in [-0.2, -0.15) is 5.26 Å². The number of rotatable bonds is 8. The van der Waals surface area contributed by atoms with E-state index in [4.69, 9.17) is 11.6 Å². The SMILES string of the molecule is C[C@@H](Nc1c(C#N)cnc2c(Cl)cc(NC(C3=CN(C4CC4)NN3)c3ccc(F)cc3)cc12)c1ccccc1. The van der Waals surface area contributed by atoms with Gasteiger partial charge in [-0.1, -0.05) is 54.1 Å². The molecule has 0 spiro atoms. The summed E-state index contributed by atoms with van der Waals surface area (Å²) in [6.07, 6.45) is 5.87. The fourth-order valence-corrected chi connectivity index (χ4v) is 5.10. The van der Waals surface area contributed by atoms with Crippen molar-refractivity contribution in [3.8, 4) is 6.07 Å². The molecule has 1 aliphatic carbocycles. The van der Waals surface area contributed by atoms with E-state index in [2.05, 4.69) is 37.7 Å². The van der Waals surface area contributed by atoms with Gasteiger partial charge in [0, 0.05) is 35.6 Å². The van der Waals surface area contributed by atoms with Gasteiger partial charge in [0.05, 0.1) is 33.5 Å². The van der Waals surface area contributed by atoms with Gasteiger partial charge in [0.25, 0.3) is 0 Å². The first kappa shape index (κ1) is 25.0. The summed E-state index contributed by atoms with van der Waals surface area (Å²) in [6.45, 7) is 2.05. The molecule has 196 valence electrons. The molecule has 6 rings (SSSR count). The molecule has 3 aromatic carbocycles. The number of benzene rings is 3. The van der Waals surface area contributed by atoms with Crippen LogP contribution in [0.5, 0.6) is 0 Å². The van der Waals surface area contributed by atoms with Gasteiger partial charge in [0.15, 0.2) is 0 Å². The van der Waals surface area contributed by atoms with Crippen LogP contribution in [0, 0.1) is 17.1 Å². The highest BCUT2D eigenvalue weighted by Gasteiger charge is 2.32. The number of pyridine rings is 1. The fourth-order valence-electron chi connectivity index (χ4n) is 4.83. The van der Waals surface area contributed by atoms with Crippen molar-refractivity contribution in [2.24, 2.45) is 0 Å². The first-order valence-corrected chi connectivity index (χ1v) is 13.3. The lowest BCUT2D eigenvalue weighted by Gasteiger charge is -2.23. The van der Waals surface area contributed by atoms with Crippen LogP contribution in [-0.2, 0) is 0 Å². The van der Waals surface area contributed by atoms with Crippen molar-refractivity contribution in [2.75, 3.05) is 10.6 Å². The maximum absolute atomic E-state index is 13.8. The molecule has 1 saturated carbocycles.